The van der Waals surface area contributed by atoms with Crippen LogP contribution in [-0.4, -0.2) is 24.2 Å². The van der Waals surface area contributed by atoms with Crippen molar-refractivity contribution in [1.29, 1.82) is 0 Å². The fourth-order valence-corrected chi connectivity index (χ4v) is 1.87. The van der Waals surface area contributed by atoms with Gasteiger partial charge in [0.25, 0.3) is 5.91 Å². The summed E-state index contributed by atoms with van der Waals surface area (Å²) in [5.74, 6) is 0.774. The predicted molar refractivity (Wildman–Crippen MR) is 78.1 cm³/mol. The zero-order chi connectivity index (χ0) is 14.4. The van der Waals surface area contributed by atoms with Crippen molar-refractivity contribution in [2.45, 2.75) is 26.9 Å². The molecule has 0 bridgehead atoms. The van der Waals surface area contributed by atoms with E-state index in [-0.39, 0.29) is 12.5 Å². The normalized spacial score (nSPS) is 12.3. The monoisotopic (exact) mass is 329 g/mol. The fourth-order valence-electron chi connectivity index (χ4n) is 1.49. The Morgan fingerprint density at radius 3 is 2.68 bits per heavy atom. The van der Waals surface area contributed by atoms with Gasteiger partial charge in [0.05, 0.1) is 6.10 Å². The van der Waals surface area contributed by atoms with Crippen LogP contribution in [0.1, 0.15) is 32.4 Å². The van der Waals surface area contributed by atoms with Crippen LogP contribution in [0.2, 0.25) is 0 Å². The van der Waals surface area contributed by atoms with E-state index in [1.54, 1.807) is 19.1 Å². The van der Waals surface area contributed by atoms with Gasteiger partial charge < -0.3 is 15.2 Å². The van der Waals surface area contributed by atoms with Gasteiger partial charge in [0.15, 0.2) is 6.61 Å². The van der Waals surface area contributed by atoms with Crippen molar-refractivity contribution in [3.63, 3.8) is 0 Å². The first kappa shape index (κ1) is 16.0. The molecule has 106 valence electrons. The van der Waals surface area contributed by atoms with Crippen LogP contribution < -0.4 is 10.1 Å². The van der Waals surface area contributed by atoms with Gasteiger partial charge in [-0.2, -0.15) is 0 Å². The van der Waals surface area contributed by atoms with Gasteiger partial charge in [0.1, 0.15) is 5.75 Å². The number of aliphatic hydroxyl groups excluding tert-OH is 1. The smallest absolute Gasteiger partial charge is 0.257 e. The summed E-state index contributed by atoms with van der Waals surface area (Å²) in [5.41, 5.74) is 0.658. The zero-order valence-electron chi connectivity index (χ0n) is 11.4. The van der Waals surface area contributed by atoms with E-state index in [9.17, 15) is 9.90 Å². The van der Waals surface area contributed by atoms with Crippen LogP contribution in [0.15, 0.2) is 22.7 Å². The summed E-state index contributed by atoms with van der Waals surface area (Å²) >= 11 is 3.34. The fraction of sp³-hybridized carbons (Fsp3) is 0.500. The zero-order valence-corrected chi connectivity index (χ0v) is 13.0. The van der Waals surface area contributed by atoms with Crippen LogP contribution in [0, 0.1) is 5.92 Å². The number of rotatable bonds is 6. The summed E-state index contributed by atoms with van der Waals surface area (Å²) in [6.45, 7) is 6.30. The Labute approximate surface area is 122 Å². The molecule has 0 aliphatic rings. The number of hydrogen-bond donors (Lipinski definition) is 2. The first-order chi connectivity index (χ1) is 8.90. The van der Waals surface area contributed by atoms with Crippen molar-refractivity contribution in [2.75, 3.05) is 13.2 Å². The van der Waals surface area contributed by atoms with Gasteiger partial charge in [0, 0.05) is 16.6 Å². The maximum atomic E-state index is 11.6. The predicted octanol–water partition coefficient (Wildman–Crippen LogP) is 2.65. The molecule has 0 saturated carbocycles. The van der Waals surface area contributed by atoms with Crippen LogP contribution in [0.5, 0.6) is 5.75 Å². The largest absolute Gasteiger partial charge is 0.483 e. The summed E-state index contributed by atoms with van der Waals surface area (Å²) in [7, 11) is 0. The molecule has 0 aliphatic carbocycles. The van der Waals surface area contributed by atoms with Gasteiger partial charge >= 0.3 is 0 Å². The molecule has 0 fully saturated rings. The van der Waals surface area contributed by atoms with E-state index in [1.807, 2.05) is 19.9 Å². The molecule has 0 saturated heterocycles. The number of halogens is 1. The molecule has 0 radical (unpaired) electrons. The molecule has 4 nitrogen and oxygen atoms in total. The van der Waals surface area contributed by atoms with Crippen LogP contribution in [0.4, 0.5) is 0 Å². The minimum Gasteiger partial charge on any atom is -0.483 e. The van der Waals surface area contributed by atoms with Crippen LogP contribution in [0.25, 0.3) is 0 Å². The molecule has 1 aromatic rings. The minimum atomic E-state index is -0.647. The van der Waals surface area contributed by atoms with E-state index in [0.29, 0.717) is 23.8 Å². The molecule has 1 aromatic carbocycles. The van der Waals surface area contributed by atoms with Gasteiger partial charge in [-0.05, 0) is 31.0 Å². The number of carbonyl (C=O) groups is 1. The molecule has 0 heterocycles. The number of nitrogens with one attached hydrogen (secondary N) is 1. The van der Waals surface area contributed by atoms with E-state index < -0.39 is 6.10 Å². The quantitative estimate of drug-likeness (QED) is 0.843. The van der Waals surface area contributed by atoms with E-state index in [2.05, 4.69) is 21.2 Å². The highest BCUT2D eigenvalue weighted by Crippen LogP contribution is 2.28. The number of aliphatic hydroxyl groups is 1. The van der Waals surface area contributed by atoms with Crippen molar-refractivity contribution in [3.8, 4) is 5.75 Å². The van der Waals surface area contributed by atoms with Gasteiger partial charge in [0.2, 0.25) is 0 Å². The Balaban J connectivity index is 2.60. The average molecular weight is 330 g/mol. The molecule has 1 amide bonds. The maximum Gasteiger partial charge on any atom is 0.257 e. The third kappa shape index (κ3) is 5.61. The number of amides is 1. The molecule has 19 heavy (non-hydrogen) atoms. The second kappa shape index (κ2) is 7.50. The van der Waals surface area contributed by atoms with Gasteiger partial charge in [-0.1, -0.05) is 29.8 Å². The SMILES string of the molecule is CC(C)CNC(=O)COc1ccc(Br)cc1[C@@H](C)O. The lowest BCUT2D eigenvalue weighted by molar-refractivity contribution is -0.123. The van der Waals surface area contributed by atoms with Crippen molar-refractivity contribution in [2.24, 2.45) is 5.92 Å². The third-order valence-electron chi connectivity index (χ3n) is 2.49. The standard InChI is InChI=1S/C14H20BrNO3/c1-9(2)7-16-14(18)8-19-13-5-4-11(15)6-12(13)10(3)17/h4-6,9-10,17H,7-8H2,1-3H3,(H,16,18)/t10-/m1/s1. The first-order valence-corrected chi connectivity index (χ1v) is 7.06. The Kier molecular flexibility index (Phi) is 6.31. The lowest BCUT2D eigenvalue weighted by atomic mass is 10.1. The third-order valence-corrected chi connectivity index (χ3v) is 2.98. The van der Waals surface area contributed by atoms with E-state index >= 15 is 0 Å². The highest BCUT2D eigenvalue weighted by molar-refractivity contribution is 9.10. The molecule has 1 rings (SSSR count). The second-order valence-corrected chi connectivity index (χ2v) is 5.76. The number of carbonyl (C=O) groups excluding carboxylic acids is 1. The topological polar surface area (TPSA) is 58.6 Å². The lowest BCUT2D eigenvalue weighted by Crippen LogP contribution is -2.31. The summed E-state index contributed by atoms with van der Waals surface area (Å²) < 4.78 is 6.32. The summed E-state index contributed by atoms with van der Waals surface area (Å²) in [5, 5.41) is 12.4. The van der Waals surface area contributed by atoms with E-state index in [1.165, 1.54) is 0 Å². The molecule has 1 atom stereocenters. The molecule has 2 N–H and O–H groups in total. The maximum absolute atomic E-state index is 11.6. The first-order valence-electron chi connectivity index (χ1n) is 6.27. The molecular weight excluding hydrogens is 310 g/mol. The highest BCUT2D eigenvalue weighted by atomic mass is 79.9. The van der Waals surface area contributed by atoms with Crippen molar-refractivity contribution < 1.29 is 14.6 Å². The molecule has 0 unspecified atom stereocenters. The van der Waals surface area contributed by atoms with Gasteiger partial charge in [-0.25, -0.2) is 0 Å². The summed E-state index contributed by atoms with van der Waals surface area (Å²) in [6.07, 6.45) is -0.647. The van der Waals surface area contributed by atoms with Crippen molar-refractivity contribution >= 4 is 21.8 Å². The summed E-state index contributed by atoms with van der Waals surface area (Å²) in [4.78, 5) is 11.6. The minimum absolute atomic E-state index is 0.0475. The second-order valence-electron chi connectivity index (χ2n) is 4.84. The lowest BCUT2D eigenvalue weighted by Gasteiger charge is -2.14. The van der Waals surface area contributed by atoms with Crippen molar-refractivity contribution in [3.05, 3.63) is 28.2 Å². The molecular formula is C14H20BrNO3. The van der Waals surface area contributed by atoms with Crippen LogP contribution in [-0.2, 0) is 4.79 Å². The Bertz CT molecular complexity index is 433. The Morgan fingerprint density at radius 1 is 1.42 bits per heavy atom. The molecule has 0 spiro atoms. The number of ether oxygens (including phenoxy) is 1. The van der Waals surface area contributed by atoms with Gasteiger partial charge in [-0.3, -0.25) is 4.79 Å². The number of hydrogen-bond acceptors (Lipinski definition) is 3. The molecule has 0 aliphatic heterocycles. The van der Waals surface area contributed by atoms with E-state index in [4.69, 9.17) is 4.74 Å². The van der Waals surface area contributed by atoms with Crippen LogP contribution >= 0.6 is 15.9 Å². The van der Waals surface area contributed by atoms with Crippen molar-refractivity contribution in [1.82, 2.24) is 5.32 Å². The van der Waals surface area contributed by atoms with Gasteiger partial charge in [-0.15, -0.1) is 0 Å². The average Bonchev–Trinajstić information content (AvgIpc) is 2.34. The van der Waals surface area contributed by atoms with Crippen LogP contribution in [0.3, 0.4) is 0 Å². The Hall–Kier alpha value is -1.07. The van der Waals surface area contributed by atoms with E-state index in [0.717, 1.165) is 4.47 Å². The summed E-state index contributed by atoms with van der Waals surface area (Å²) in [6, 6.07) is 5.33. The molecule has 0 aromatic heterocycles. The molecule has 5 heteroatoms. The Morgan fingerprint density at radius 2 is 2.11 bits per heavy atom. The number of benzene rings is 1. The highest BCUT2D eigenvalue weighted by Gasteiger charge is 2.11.